The third-order valence-corrected chi connectivity index (χ3v) is 2.95. The first-order chi connectivity index (χ1) is 8.74. The van der Waals surface area contributed by atoms with Crippen LogP contribution in [0.2, 0.25) is 0 Å². The summed E-state index contributed by atoms with van der Waals surface area (Å²) in [6.45, 7) is 2.21. The molecule has 18 heavy (non-hydrogen) atoms. The number of aryl methyl sites for hydroxylation is 1. The fourth-order valence-electron chi connectivity index (χ4n) is 1.91. The summed E-state index contributed by atoms with van der Waals surface area (Å²) in [5.41, 5.74) is 2.43. The fourth-order valence-corrected chi connectivity index (χ4v) is 1.91. The average Bonchev–Trinajstić information content (AvgIpc) is 2.86. The Morgan fingerprint density at radius 2 is 1.61 bits per heavy atom. The minimum atomic E-state index is -0.00620. The summed E-state index contributed by atoms with van der Waals surface area (Å²) in [5.74, 6) is 1.32. The van der Waals surface area contributed by atoms with Crippen molar-refractivity contribution >= 4 is 5.78 Å². The van der Waals surface area contributed by atoms with Gasteiger partial charge in [-0.1, -0.05) is 29.8 Å². The topological polar surface area (TPSA) is 35.5 Å². The lowest BCUT2D eigenvalue weighted by Gasteiger charge is -2.03. The Labute approximate surface area is 105 Å². The van der Waals surface area contributed by atoms with Crippen LogP contribution in [0.15, 0.2) is 42.5 Å². The van der Waals surface area contributed by atoms with Gasteiger partial charge in [-0.25, -0.2) is 0 Å². The van der Waals surface area contributed by atoms with E-state index in [9.17, 15) is 4.79 Å². The molecule has 0 bridgehead atoms. The highest BCUT2D eigenvalue weighted by Crippen LogP contribution is 2.33. The highest BCUT2D eigenvalue weighted by Gasteiger charge is 2.16. The zero-order valence-corrected chi connectivity index (χ0v) is 9.97. The molecule has 0 saturated heterocycles. The number of hydrogen-bond acceptors (Lipinski definition) is 3. The number of fused-ring (bicyclic) bond motifs is 1. The summed E-state index contributed by atoms with van der Waals surface area (Å²) in [7, 11) is 0. The number of carbonyl (C=O) groups excluding carboxylic acids is 1. The van der Waals surface area contributed by atoms with Gasteiger partial charge in [-0.3, -0.25) is 4.79 Å². The largest absolute Gasteiger partial charge is 0.454 e. The SMILES string of the molecule is Cc1ccc(C(=O)c2ccc3c(c2)OCO3)cc1. The van der Waals surface area contributed by atoms with Crippen molar-refractivity contribution in [1.29, 1.82) is 0 Å². The Hall–Kier alpha value is -2.29. The van der Waals surface area contributed by atoms with Crippen molar-refractivity contribution in [2.75, 3.05) is 6.79 Å². The second-order valence-electron chi connectivity index (χ2n) is 4.26. The summed E-state index contributed by atoms with van der Waals surface area (Å²) in [6, 6.07) is 12.8. The molecule has 0 unspecified atom stereocenters. The standard InChI is InChI=1S/C15H12O3/c1-10-2-4-11(5-3-10)15(16)12-6-7-13-14(8-12)18-9-17-13/h2-8H,9H2,1H3. The maximum Gasteiger partial charge on any atom is 0.231 e. The van der Waals surface area contributed by atoms with Crippen molar-refractivity contribution in [2.45, 2.75) is 6.92 Å². The summed E-state index contributed by atoms with van der Waals surface area (Å²) < 4.78 is 10.5. The van der Waals surface area contributed by atoms with E-state index in [-0.39, 0.29) is 12.6 Å². The molecule has 1 aliphatic heterocycles. The monoisotopic (exact) mass is 240 g/mol. The number of ketones is 1. The Kier molecular flexibility index (Phi) is 2.52. The van der Waals surface area contributed by atoms with Gasteiger partial charge in [0.05, 0.1) is 0 Å². The van der Waals surface area contributed by atoms with E-state index in [4.69, 9.17) is 9.47 Å². The smallest absolute Gasteiger partial charge is 0.231 e. The van der Waals surface area contributed by atoms with Gasteiger partial charge in [0, 0.05) is 11.1 Å². The van der Waals surface area contributed by atoms with Gasteiger partial charge in [0.15, 0.2) is 17.3 Å². The van der Waals surface area contributed by atoms with Crippen LogP contribution in [0.4, 0.5) is 0 Å². The number of carbonyl (C=O) groups is 1. The molecule has 0 amide bonds. The highest BCUT2D eigenvalue weighted by molar-refractivity contribution is 6.09. The quantitative estimate of drug-likeness (QED) is 0.757. The Morgan fingerprint density at radius 1 is 0.944 bits per heavy atom. The molecule has 2 aromatic carbocycles. The third-order valence-electron chi connectivity index (χ3n) is 2.95. The van der Waals surface area contributed by atoms with Crippen LogP contribution in [0.25, 0.3) is 0 Å². The first-order valence-electron chi connectivity index (χ1n) is 5.75. The number of benzene rings is 2. The van der Waals surface area contributed by atoms with Crippen molar-refractivity contribution in [3.8, 4) is 11.5 Å². The molecule has 2 aromatic rings. The molecule has 0 aliphatic carbocycles. The van der Waals surface area contributed by atoms with Crippen molar-refractivity contribution in [3.63, 3.8) is 0 Å². The van der Waals surface area contributed by atoms with Gasteiger partial charge in [0.2, 0.25) is 6.79 Å². The zero-order valence-electron chi connectivity index (χ0n) is 9.97. The van der Waals surface area contributed by atoms with E-state index in [0.717, 1.165) is 5.56 Å². The summed E-state index contributed by atoms with van der Waals surface area (Å²) >= 11 is 0. The van der Waals surface area contributed by atoms with Gasteiger partial charge in [0.25, 0.3) is 0 Å². The molecule has 90 valence electrons. The van der Waals surface area contributed by atoms with Crippen LogP contribution >= 0.6 is 0 Å². The van der Waals surface area contributed by atoms with Crippen molar-refractivity contribution in [1.82, 2.24) is 0 Å². The maximum absolute atomic E-state index is 12.3. The van der Waals surface area contributed by atoms with E-state index in [1.807, 2.05) is 31.2 Å². The van der Waals surface area contributed by atoms with E-state index in [2.05, 4.69) is 0 Å². The minimum absolute atomic E-state index is 0.00620. The second-order valence-corrected chi connectivity index (χ2v) is 4.26. The maximum atomic E-state index is 12.3. The van der Waals surface area contributed by atoms with Crippen LogP contribution in [0.3, 0.4) is 0 Å². The van der Waals surface area contributed by atoms with Crippen LogP contribution in [-0.4, -0.2) is 12.6 Å². The molecule has 3 nitrogen and oxygen atoms in total. The first kappa shape index (κ1) is 10.8. The van der Waals surface area contributed by atoms with Gasteiger partial charge < -0.3 is 9.47 Å². The Balaban J connectivity index is 1.95. The molecule has 0 radical (unpaired) electrons. The first-order valence-corrected chi connectivity index (χ1v) is 5.75. The van der Waals surface area contributed by atoms with Crippen molar-refractivity contribution in [3.05, 3.63) is 59.2 Å². The summed E-state index contributed by atoms with van der Waals surface area (Å²) in [4.78, 5) is 12.3. The number of ether oxygens (including phenoxy) is 2. The molecule has 3 heteroatoms. The molecule has 0 atom stereocenters. The molecule has 1 aliphatic rings. The van der Waals surface area contributed by atoms with Crippen LogP contribution in [0.1, 0.15) is 21.5 Å². The molecule has 3 rings (SSSR count). The third kappa shape index (κ3) is 1.84. The molecule has 0 saturated carbocycles. The lowest BCUT2D eigenvalue weighted by Crippen LogP contribution is -2.01. The van der Waals surface area contributed by atoms with E-state index < -0.39 is 0 Å². The average molecular weight is 240 g/mol. The molecule has 0 N–H and O–H groups in total. The number of hydrogen-bond donors (Lipinski definition) is 0. The normalized spacial score (nSPS) is 12.5. The molecular weight excluding hydrogens is 228 g/mol. The Morgan fingerprint density at radius 3 is 2.39 bits per heavy atom. The van der Waals surface area contributed by atoms with E-state index in [0.29, 0.717) is 22.6 Å². The Bertz CT molecular complexity index is 600. The second kappa shape index (κ2) is 4.18. The van der Waals surface area contributed by atoms with E-state index in [1.165, 1.54) is 0 Å². The van der Waals surface area contributed by atoms with Crippen molar-refractivity contribution < 1.29 is 14.3 Å². The molecule has 0 aromatic heterocycles. The fraction of sp³-hybridized carbons (Fsp3) is 0.133. The van der Waals surface area contributed by atoms with Crippen LogP contribution < -0.4 is 9.47 Å². The van der Waals surface area contributed by atoms with Gasteiger partial charge in [0.1, 0.15) is 0 Å². The van der Waals surface area contributed by atoms with Gasteiger partial charge in [-0.15, -0.1) is 0 Å². The van der Waals surface area contributed by atoms with Crippen molar-refractivity contribution in [2.24, 2.45) is 0 Å². The highest BCUT2D eigenvalue weighted by atomic mass is 16.7. The lowest BCUT2D eigenvalue weighted by atomic mass is 10.0. The number of rotatable bonds is 2. The summed E-state index contributed by atoms with van der Waals surface area (Å²) in [6.07, 6.45) is 0. The minimum Gasteiger partial charge on any atom is -0.454 e. The predicted molar refractivity (Wildman–Crippen MR) is 67.2 cm³/mol. The molecule has 1 heterocycles. The van der Waals surface area contributed by atoms with Gasteiger partial charge >= 0.3 is 0 Å². The predicted octanol–water partition coefficient (Wildman–Crippen LogP) is 2.95. The summed E-state index contributed by atoms with van der Waals surface area (Å²) in [5, 5.41) is 0. The molecule has 0 spiro atoms. The lowest BCUT2D eigenvalue weighted by molar-refractivity contribution is 0.103. The molecule has 0 fully saturated rings. The van der Waals surface area contributed by atoms with E-state index in [1.54, 1.807) is 18.2 Å². The van der Waals surface area contributed by atoms with Gasteiger partial charge in [-0.2, -0.15) is 0 Å². The zero-order chi connectivity index (χ0) is 12.5. The van der Waals surface area contributed by atoms with Crippen LogP contribution in [-0.2, 0) is 0 Å². The van der Waals surface area contributed by atoms with Crippen LogP contribution in [0, 0.1) is 6.92 Å². The van der Waals surface area contributed by atoms with Gasteiger partial charge in [-0.05, 0) is 25.1 Å². The molecular formula is C15H12O3. The van der Waals surface area contributed by atoms with Crippen LogP contribution in [0.5, 0.6) is 11.5 Å². The van der Waals surface area contributed by atoms with E-state index >= 15 is 0 Å².